The van der Waals surface area contributed by atoms with Gasteiger partial charge in [-0.05, 0) is 6.92 Å². The molecule has 0 heterocycles. The van der Waals surface area contributed by atoms with Crippen molar-refractivity contribution in [1.82, 2.24) is 5.32 Å². The van der Waals surface area contributed by atoms with Gasteiger partial charge in [0.25, 0.3) is 10.1 Å². The molecule has 2 N–H and O–H groups in total. The first-order valence-electron chi connectivity index (χ1n) is 4.87. The van der Waals surface area contributed by atoms with E-state index in [1.54, 1.807) is 0 Å². The highest BCUT2D eigenvalue weighted by molar-refractivity contribution is 7.85. The lowest BCUT2D eigenvalue weighted by Crippen LogP contribution is -2.38. The maximum atomic E-state index is 11.2. The Hall–Kier alpha value is -1.67. The Bertz CT molecular complexity index is 453. The zero-order chi connectivity index (χ0) is 14.3. The molecule has 7 nitrogen and oxygen atoms in total. The summed E-state index contributed by atoms with van der Waals surface area (Å²) >= 11 is 0. The quantitative estimate of drug-likeness (QED) is 0.374. The van der Waals surface area contributed by atoms with E-state index in [1.165, 1.54) is 6.92 Å². The number of carbonyl (C=O) groups excluding carboxylic acids is 2. The minimum absolute atomic E-state index is 0.218. The van der Waals surface area contributed by atoms with Gasteiger partial charge in [0.1, 0.15) is 11.9 Å². The van der Waals surface area contributed by atoms with Crippen LogP contribution in [-0.4, -0.2) is 43.2 Å². The van der Waals surface area contributed by atoms with Gasteiger partial charge in [-0.3, -0.25) is 9.35 Å². The van der Waals surface area contributed by atoms with Gasteiger partial charge in [0.15, 0.2) is 0 Å². The van der Waals surface area contributed by atoms with Crippen LogP contribution in [0.15, 0.2) is 24.8 Å². The zero-order valence-electron chi connectivity index (χ0n) is 9.88. The first-order valence-corrected chi connectivity index (χ1v) is 6.48. The molecule has 0 aromatic rings. The van der Waals surface area contributed by atoms with Crippen molar-refractivity contribution in [3.05, 3.63) is 24.8 Å². The summed E-state index contributed by atoms with van der Waals surface area (Å²) in [5.74, 6) is -2.18. The topological polar surface area (TPSA) is 110 Å². The largest absolute Gasteiger partial charge is 0.456 e. The van der Waals surface area contributed by atoms with E-state index >= 15 is 0 Å². The summed E-state index contributed by atoms with van der Waals surface area (Å²) in [6.07, 6.45) is -0.355. The highest BCUT2D eigenvalue weighted by Gasteiger charge is 2.21. The molecule has 0 aliphatic rings. The molecule has 0 rings (SSSR count). The lowest BCUT2D eigenvalue weighted by molar-refractivity contribution is -0.142. The summed E-state index contributed by atoms with van der Waals surface area (Å²) in [5, 5.41) is 2.31. The van der Waals surface area contributed by atoms with Crippen molar-refractivity contribution in [3.63, 3.8) is 0 Å². The third-order valence-corrected chi connectivity index (χ3v) is 2.52. The summed E-state index contributed by atoms with van der Waals surface area (Å²) in [4.78, 5) is 22.1. The van der Waals surface area contributed by atoms with Crippen molar-refractivity contribution in [2.75, 3.05) is 12.3 Å². The fourth-order valence-electron chi connectivity index (χ4n) is 0.939. The number of ether oxygens (including phenoxy) is 1. The van der Waals surface area contributed by atoms with Gasteiger partial charge in [0.05, 0.1) is 6.54 Å². The van der Waals surface area contributed by atoms with Gasteiger partial charge in [-0.15, -0.1) is 0 Å². The highest BCUT2D eigenvalue weighted by atomic mass is 32.2. The van der Waals surface area contributed by atoms with Crippen LogP contribution in [0.2, 0.25) is 0 Å². The smallest absolute Gasteiger partial charge is 0.330 e. The third-order valence-electron chi connectivity index (χ3n) is 1.72. The van der Waals surface area contributed by atoms with Crippen LogP contribution >= 0.6 is 0 Å². The Balaban J connectivity index is 4.57. The molecule has 0 spiro atoms. The third kappa shape index (κ3) is 7.58. The average molecular weight is 277 g/mol. The molecule has 1 atom stereocenters. The van der Waals surface area contributed by atoms with E-state index in [9.17, 15) is 18.0 Å². The lowest BCUT2D eigenvalue weighted by atomic mass is 10.3. The number of rotatable bonds is 7. The molecule has 0 aliphatic carbocycles. The van der Waals surface area contributed by atoms with Crippen LogP contribution < -0.4 is 5.32 Å². The second-order valence-electron chi connectivity index (χ2n) is 3.50. The predicted molar refractivity (Wildman–Crippen MR) is 64.3 cm³/mol. The van der Waals surface area contributed by atoms with Crippen molar-refractivity contribution in [2.45, 2.75) is 13.0 Å². The molecule has 0 aromatic carbocycles. The molecular formula is C10H15NO6S. The maximum Gasteiger partial charge on any atom is 0.330 e. The molecule has 18 heavy (non-hydrogen) atoms. The molecule has 8 heteroatoms. The summed E-state index contributed by atoms with van der Waals surface area (Å²) < 4.78 is 34.7. The van der Waals surface area contributed by atoms with Gasteiger partial charge >= 0.3 is 5.97 Å². The van der Waals surface area contributed by atoms with Gasteiger partial charge in [0.2, 0.25) is 5.91 Å². The van der Waals surface area contributed by atoms with E-state index in [0.29, 0.717) is 0 Å². The van der Waals surface area contributed by atoms with Crippen LogP contribution in [0.25, 0.3) is 0 Å². The average Bonchev–Trinajstić information content (AvgIpc) is 2.22. The predicted octanol–water partition coefficient (Wildman–Crippen LogP) is -0.336. The number of carbonyl (C=O) groups is 2. The Kier molecular flexibility index (Phi) is 6.28. The minimum atomic E-state index is -4.33. The molecule has 1 amide bonds. The molecule has 0 radical (unpaired) electrons. The summed E-state index contributed by atoms with van der Waals surface area (Å²) in [7, 11) is -4.33. The number of esters is 1. The van der Waals surface area contributed by atoms with Gasteiger partial charge in [-0.2, -0.15) is 8.42 Å². The van der Waals surface area contributed by atoms with Crippen LogP contribution in [0, 0.1) is 0 Å². The Morgan fingerprint density at radius 2 is 2.06 bits per heavy atom. The molecule has 0 aliphatic heterocycles. The first kappa shape index (κ1) is 16.3. The maximum absolute atomic E-state index is 11.2. The van der Waals surface area contributed by atoms with Crippen LogP contribution in [0.3, 0.4) is 0 Å². The van der Waals surface area contributed by atoms with Crippen molar-refractivity contribution in [1.29, 1.82) is 0 Å². The van der Waals surface area contributed by atoms with E-state index in [-0.39, 0.29) is 12.1 Å². The monoisotopic (exact) mass is 277 g/mol. The van der Waals surface area contributed by atoms with Gasteiger partial charge in [-0.25, -0.2) is 4.79 Å². The fraction of sp³-hybridized carbons (Fsp3) is 0.400. The van der Waals surface area contributed by atoms with E-state index in [0.717, 1.165) is 6.08 Å². The van der Waals surface area contributed by atoms with E-state index in [4.69, 9.17) is 4.55 Å². The van der Waals surface area contributed by atoms with Crippen molar-refractivity contribution in [3.8, 4) is 0 Å². The fourth-order valence-corrected chi connectivity index (χ4v) is 1.60. The molecule has 0 saturated heterocycles. The van der Waals surface area contributed by atoms with Gasteiger partial charge in [-0.1, -0.05) is 13.2 Å². The van der Waals surface area contributed by atoms with Crippen molar-refractivity contribution >= 4 is 22.0 Å². The minimum Gasteiger partial charge on any atom is -0.456 e. The molecule has 1 unspecified atom stereocenters. The molecular weight excluding hydrogens is 262 g/mol. The number of hydrogen-bond acceptors (Lipinski definition) is 5. The second kappa shape index (κ2) is 6.92. The van der Waals surface area contributed by atoms with Gasteiger partial charge in [0, 0.05) is 11.6 Å². The molecule has 102 valence electrons. The Morgan fingerprint density at radius 1 is 1.50 bits per heavy atom. The van der Waals surface area contributed by atoms with Crippen molar-refractivity contribution in [2.24, 2.45) is 0 Å². The SMILES string of the molecule is C=CC(=O)OC(CNC(=O)C(=C)C)CS(=O)(=O)O. The highest BCUT2D eigenvalue weighted by Crippen LogP contribution is 1.98. The normalized spacial score (nSPS) is 12.3. The number of hydrogen-bond donors (Lipinski definition) is 2. The standard InChI is InChI=1S/C10H15NO6S/c1-4-9(12)17-8(6-18(14,15)16)5-11-10(13)7(2)3/h4,8H,1-2,5-6H2,3H3,(H,11,13)(H,14,15,16). The molecule has 0 bridgehead atoms. The summed E-state index contributed by atoms with van der Waals surface area (Å²) in [6, 6.07) is 0. The van der Waals surface area contributed by atoms with Crippen LogP contribution in [-0.2, 0) is 24.4 Å². The van der Waals surface area contributed by atoms with Crippen LogP contribution in [0.1, 0.15) is 6.92 Å². The van der Waals surface area contributed by atoms with Crippen molar-refractivity contribution < 1.29 is 27.3 Å². The van der Waals surface area contributed by atoms with Crippen LogP contribution in [0.4, 0.5) is 0 Å². The molecule has 0 aromatic heterocycles. The van der Waals surface area contributed by atoms with E-state index in [1.807, 2.05) is 0 Å². The Labute approximate surface area is 105 Å². The molecule has 0 saturated carbocycles. The second-order valence-corrected chi connectivity index (χ2v) is 5.00. The Morgan fingerprint density at radius 3 is 2.44 bits per heavy atom. The van der Waals surface area contributed by atoms with E-state index < -0.39 is 33.9 Å². The number of nitrogens with one attached hydrogen (secondary N) is 1. The molecule has 0 fully saturated rings. The lowest BCUT2D eigenvalue weighted by Gasteiger charge is -2.16. The summed E-state index contributed by atoms with van der Waals surface area (Å²) in [5.41, 5.74) is 0.218. The van der Waals surface area contributed by atoms with E-state index in [2.05, 4.69) is 23.2 Å². The zero-order valence-corrected chi connectivity index (χ0v) is 10.7. The summed E-state index contributed by atoms with van der Waals surface area (Å²) in [6.45, 7) is 7.73. The van der Waals surface area contributed by atoms with Gasteiger partial charge < -0.3 is 10.1 Å². The first-order chi connectivity index (χ1) is 8.15. The number of amides is 1. The van der Waals surface area contributed by atoms with Crippen LogP contribution in [0.5, 0.6) is 0 Å².